The molecule has 2 aromatic rings. The maximum atomic E-state index is 13.8. The molecule has 0 atom stereocenters. The number of hydrogen-bond donors (Lipinski definition) is 2. The Morgan fingerprint density at radius 2 is 1.83 bits per heavy atom. The lowest BCUT2D eigenvalue weighted by Crippen LogP contribution is -2.18. The van der Waals surface area contributed by atoms with Gasteiger partial charge in [-0.15, -0.1) is 0 Å². The first-order chi connectivity index (χ1) is 10.9. The van der Waals surface area contributed by atoms with Crippen molar-refractivity contribution in [2.75, 3.05) is 10.6 Å². The molecule has 0 aromatic heterocycles. The molecule has 6 heteroatoms. The molecule has 0 saturated carbocycles. The molecular weight excluding hydrogens is 363 g/mol. The normalized spacial score (nSPS) is 10.5. The van der Waals surface area contributed by atoms with Gasteiger partial charge in [-0.25, -0.2) is 4.39 Å². The lowest BCUT2D eigenvalue weighted by Gasteiger charge is -2.10. The fourth-order valence-corrected chi connectivity index (χ4v) is 2.14. The van der Waals surface area contributed by atoms with Gasteiger partial charge < -0.3 is 10.6 Å². The smallest absolute Gasteiger partial charge is 0.255 e. The van der Waals surface area contributed by atoms with Crippen LogP contribution in [0.4, 0.5) is 15.8 Å². The number of carbonyl (C=O) groups excluding carboxylic acids is 2. The van der Waals surface area contributed by atoms with E-state index in [0.29, 0.717) is 15.7 Å². The quantitative estimate of drug-likeness (QED) is 0.826. The number of halogens is 2. The second-order valence-corrected chi connectivity index (χ2v) is 6.22. The molecule has 0 aliphatic carbocycles. The summed E-state index contributed by atoms with van der Waals surface area (Å²) in [5.74, 6) is -1.28. The topological polar surface area (TPSA) is 58.2 Å². The lowest BCUT2D eigenvalue weighted by atomic mass is 10.1. The van der Waals surface area contributed by atoms with Gasteiger partial charge in [-0.05, 0) is 36.4 Å². The van der Waals surface area contributed by atoms with Crippen molar-refractivity contribution in [2.45, 2.75) is 13.8 Å². The lowest BCUT2D eigenvalue weighted by molar-refractivity contribution is -0.118. The van der Waals surface area contributed by atoms with Crippen LogP contribution in [0.15, 0.2) is 46.9 Å². The first-order valence-electron chi connectivity index (χ1n) is 7.04. The Morgan fingerprint density at radius 1 is 1.09 bits per heavy atom. The van der Waals surface area contributed by atoms with Gasteiger partial charge in [-0.1, -0.05) is 35.8 Å². The molecule has 2 rings (SSSR count). The molecule has 0 spiro atoms. The Morgan fingerprint density at radius 3 is 2.48 bits per heavy atom. The molecule has 2 aromatic carbocycles. The van der Waals surface area contributed by atoms with Gasteiger partial charge in [0.1, 0.15) is 5.82 Å². The van der Waals surface area contributed by atoms with E-state index in [9.17, 15) is 14.0 Å². The van der Waals surface area contributed by atoms with Crippen LogP contribution in [-0.2, 0) is 4.79 Å². The Bertz CT molecular complexity index is 747. The van der Waals surface area contributed by atoms with Crippen LogP contribution in [-0.4, -0.2) is 11.8 Å². The van der Waals surface area contributed by atoms with Gasteiger partial charge >= 0.3 is 0 Å². The van der Waals surface area contributed by atoms with Gasteiger partial charge in [0.2, 0.25) is 5.91 Å². The van der Waals surface area contributed by atoms with Gasteiger partial charge in [0.25, 0.3) is 5.91 Å². The molecular formula is C17H16BrFN2O2. The minimum atomic E-state index is -0.531. The van der Waals surface area contributed by atoms with Crippen LogP contribution in [0.2, 0.25) is 0 Å². The zero-order valence-electron chi connectivity index (χ0n) is 12.7. The van der Waals surface area contributed by atoms with Crippen LogP contribution in [0, 0.1) is 11.7 Å². The summed E-state index contributed by atoms with van der Waals surface area (Å²) in [6, 6.07) is 10.9. The first kappa shape index (κ1) is 17.1. The summed E-state index contributed by atoms with van der Waals surface area (Å²) in [7, 11) is 0. The summed E-state index contributed by atoms with van der Waals surface area (Å²) < 4.78 is 14.4. The van der Waals surface area contributed by atoms with Crippen LogP contribution in [0.5, 0.6) is 0 Å². The Kier molecular flexibility index (Phi) is 5.50. The first-order valence-corrected chi connectivity index (χ1v) is 7.83. The molecule has 0 radical (unpaired) electrons. The molecule has 2 amide bonds. The van der Waals surface area contributed by atoms with E-state index in [0.717, 1.165) is 0 Å². The highest BCUT2D eigenvalue weighted by atomic mass is 79.9. The number of nitrogens with one attached hydrogen (secondary N) is 2. The Balaban J connectivity index is 2.15. The molecule has 4 nitrogen and oxygen atoms in total. The molecule has 23 heavy (non-hydrogen) atoms. The van der Waals surface area contributed by atoms with Gasteiger partial charge in [0, 0.05) is 21.6 Å². The summed E-state index contributed by atoms with van der Waals surface area (Å²) in [5, 5.41) is 5.23. The summed E-state index contributed by atoms with van der Waals surface area (Å²) in [6.07, 6.45) is 0. The van der Waals surface area contributed by atoms with Crippen molar-refractivity contribution < 1.29 is 14.0 Å². The van der Waals surface area contributed by atoms with Crippen LogP contribution in [0.3, 0.4) is 0 Å². The number of benzene rings is 2. The van der Waals surface area contributed by atoms with Gasteiger partial charge in [0.15, 0.2) is 0 Å². The maximum Gasteiger partial charge on any atom is 0.255 e. The highest BCUT2D eigenvalue weighted by Gasteiger charge is 2.12. The molecule has 120 valence electrons. The molecule has 0 bridgehead atoms. The SMILES string of the molecule is CC(C)C(=O)Nc1cccc(C(=O)Nc2ccc(Br)cc2F)c1. The van der Waals surface area contributed by atoms with Crippen LogP contribution >= 0.6 is 15.9 Å². The van der Waals surface area contributed by atoms with E-state index in [-0.39, 0.29) is 17.5 Å². The van der Waals surface area contributed by atoms with Gasteiger partial charge in [-0.3, -0.25) is 9.59 Å². The highest BCUT2D eigenvalue weighted by molar-refractivity contribution is 9.10. The van der Waals surface area contributed by atoms with E-state index >= 15 is 0 Å². The van der Waals surface area contributed by atoms with Crippen molar-refractivity contribution in [3.05, 3.63) is 58.3 Å². The highest BCUT2D eigenvalue weighted by Crippen LogP contribution is 2.20. The number of anilines is 2. The largest absolute Gasteiger partial charge is 0.326 e. The van der Waals surface area contributed by atoms with Gasteiger partial charge in [0.05, 0.1) is 5.69 Å². The minimum absolute atomic E-state index is 0.0924. The second-order valence-electron chi connectivity index (χ2n) is 5.30. The van der Waals surface area contributed by atoms with Crippen molar-refractivity contribution in [3.63, 3.8) is 0 Å². The van der Waals surface area contributed by atoms with E-state index in [1.165, 1.54) is 12.1 Å². The summed E-state index contributed by atoms with van der Waals surface area (Å²) in [4.78, 5) is 23.9. The summed E-state index contributed by atoms with van der Waals surface area (Å²) in [6.45, 7) is 3.56. The van der Waals surface area contributed by atoms with Crippen molar-refractivity contribution in [1.82, 2.24) is 0 Å². The van der Waals surface area contributed by atoms with E-state index < -0.39 is 11.7 Å². The fourth-order valence-electron chi connectivity index (χ4n) is 1.81. The van der Waals surface area contributed by atoms with Crippen molar-refractivity contribution in [2.24, 2.45) is 5.92 Å². The number of carbonyl (C=O) groups is 2. The predicted molar refractivity (Wildman–Crippen MR) is 92.0 cm³/mol. The van der Waals surface area contributed by atoms with E-state index in [1.807, 2.05) is 0 Å². The molecule has 0 aliphatic rings. The number of hydrogen-bond acceptors (Lipinski definition) is 2. The molecule has 0 saturated heterocycles. The molecule has 2 N–H and O–H groups in total. The fraction of sp³-hybridized carbons (Fsp3) is 0.176. The van der Waals surface area contributed by atoms with Crippen LogP contribution < -0.4 is 10.6 Å². The number of rotatable bonds is 4. The van der Waals surface area contributed by atoms with Crippen molar-refractivity contribution >= 4 is 39.1 Å². The third-order valence-electron chi connectivity index (χ3n) is 3.10. The molecule has 0 aliphatic heterocycles. The molecule has 0 fully saturated rings. The zero-order chi connectivity index (χ0) is 17.0. The van der Waals surface area contributed by atoms with Gasteiger partial charge in [-0.2, -0.15) is 0 Å². The molecule has 0 unspecified atom stereocenters. The van der Waals surface area contributed by atoms with E-state index in [4.69, 9.17) is 0 Å². The summed E-state index contributed by atoms with van der Waals surface area (Å²) >= 11 is 3.16. The van der Waals surface area contributed by atoms with E-state index in [1.54, 1.807) is 44.2 Å². The maximum absolute atomic E-state index is 13.8. The zero-order valence-corrected chi connectivity index (χ0v) is 14.3. The van der Waals surface area contributed by atoms with E-state index in [2.05, 4.69) is 26.6 Å². The standard InChI is InChI=1S/C17H16BrFN2O2/c1-10(2)16(22)20-13-5-3-4-11(8-13)17(23)21-15-7-6-12(18)9-14(15)19/h3-10H,1-2H3,(H,20,22)(H,21,23). The molecule has 0 heterocycles. The average molecular weight is 379 g/mol. The van der Waals surface area contributed by atoms with Crippen LogP contribution in [0.25, 0.3) is 0 Å². The average Bonchev–Trinajstić information content (AvgIpc) is 2.50. The Hall–Kier alpha value is -2.21. The number of amides is 2. The second kappa shape index (κ2) is 7.37. The van der Waals surface area contributed by atoms with Crippen molar-refractivity contribution in [3.8, 4) is 0 Å². The Labute approximate surface area is 142 Å². The summed E-state index contributed by atoms with van der Waals surface area (Å²) in [5.41, 5.74) is 0.941. The van der Waals surface area contributed by atoms with Crippen LogP contribution in [0.1, 0.15) is 24.2 Å². The van der Waals surface area contributed by atoms with Crippen molar-refractivity contribution in [1.29, 1.82) is 0 Å². The predicted octanol–water partition coefficient (Wildman–Crippen LogP) is 4.44. The minimum Gasteiger partial charge on any atom is -0.326 e. The third-order valence-corrected chi connectivity index (χ3v) is 3.59. The monoisotopic (exact) mass is 378 g/mol. The third kappa shape index (κ3) is 4.63.